The molecule has 0 bridgehead atoms. The van der Waals surface area contributed by atoms with E-state index in [9.17, 15) is 13.2 Å². The summed E-state index contributed by atoms with van der Waals surface area (Å²) in [7, 11) is -2.42. The standard InChI is InChI=1S/C23H24N2O5S2/c1-29-19-10-9-18(16-21(19)32(27,28)25-11-13-30-14-12-25)23(26)24-22(20-8-5-15-31-20)17-6-3-2-4-7-17/h2-10,15-16,22H,11-14H2,1H3,(H,24,26). The lowest BCUT2D eigenvalue weighted by Gasteiger charge is -2.27. The molecule has 32 heavy (non-hydrogen) atoms. The molecule has 0 radical (unpaired) electrons. The topological polar surface area (TPSA) is 84.9 Å². The molecule has 3 aromatic rings. The fourth-order valence-electron chi connectivity index (χ4n) is 3.58. The fraction of sp³-hybridized carbons (Fsp3) is 0.261. The summed E-state index contributed by atoms with van der Waals surface area (Å²) in [5.74, 6) is -0.167. The molecule has 4 rings (SSSR count). The zero-order chi connectivity index (χ0) is 22.6. The molecule has 1 aromatic heterocycles. The summed E-state index contributed by atoms with van der Waals surface area (Å²) < 4.78 is 38.4. The van der Waals surface area contributed by atoms with Crippen molar-refractivity contribution in [2.24, 2.45) is 0 Å². The molecule has 7 nitrogen and oxygen atoms in total. The van der Waals surface area contributed by atoms with Crippen molar-refractivity contribution in [2.45, 2.75) is 10.9 Å². The van der Waals surface area contributed by atoms with Crippen molar-refractivity contribution in [1.82, 2.24) is 9.62 Å². The van der Waals surface area contributed by atoms with Gasteiger partial charge in [0.1, 0.15) is 10.6 Å². The molecule has 0 aliphatic carbocycles. The highest BCUT2D eigenvalue weighted by atomic mass is 32.2. The van der Waals surface area contributed by atoms with Gasteiger partial charge in [0.2, 0.25) is 10.0 Å². The Morgan fingerprint density at radius 2 is 1.84 bits per heavy atom. The van der Waals surface area contributed by atoms with Gasteiger partial charge >= 0.3 is 0 Å². The summed E-state index contributed by atoms with van der Waals surface area (Å²) in [5, 5.41) is 5.01. The molecule has 1 saturated heterocycles. The van der Waals surface area contributed by atoms with Gasteiger partial charge in [-0.3, -0.25) is 4.79 Å². The predicted molar refractivity (Wildman–Crippen MR) is 123 cm³/mol. The molecule has 0 saturated carbocycles. The third kappa shape index (κ3) is 4.71. The Hall–Kier alpha value is -2.72. The molecule has 168 valence electrons. The summed E-state index contributed by atoms with van der Waals surface area (Å²) in [6.45, 7) is 1.19. The number of carbonyl (C=O) groups is 1. The maximum Gasteiger partial charge on any atom is 0.252 e. The normalized spacial score (nSPS) is 15.8. The van der Waals surface area contributed by atoms with Crippen LogP contribution in [0.3, 0.4) is 0 Å². The Morgan fingerprint density at radius 1 is 1.09 bits per heavy atom. The number of amides is 1. The third-order valence-corrected chi connectivity index (χ3v) is 8.11. The minimum Gasteiger partial charge on any atom is -0.495 e. The predicted octanol–water partition coefficient (Wildman–Crippen LogP) is 3.30. The Labute approximate surface area is 191 Å². The Kier molecular flexibility index (Phi) is 6.90. The van der Waals surface area contributed by atoms with Crippen molar-refractivity contribution >= 4 is 27.3 Å². The van der Waals surface area contributed by atoms with Gasteiger partial charge in [0.05, 0.1) is 26.4 Å². The first kappa shape index (κ1) is 22.5. The quantitative estimate of drug-likeness (QED) is 0.570. The number of ether oxygens (including phenoxy) is 2. The van der Waals surface area contributed by atoms with Gasteiger partial charge in [-0.05, 0) is 35.2 Å². The van der Waals surface area contributed by atoms with Crippen LogP contribution in [-0.4, -0.2) is 52.0 Å². The number of hydrogen-bond donors (Lipinski definition) is 1. The summed E-state index contributed by atoms with van der Waals surface area (Å²) in [5.41, 5.74) is 1.19. The average Bonchev–Trinajstić information content (AvgIpc) is 3.37. The van der Waals surface area contributed by atoms with E-state index in [2.05, 4.69) is 5.32 Å². The lowest BCUT2D eigenvalue weighted by molar-refractivity contribution is 0.0729. The highest BCUT2D eigenvalue weighted by Crippen LogP contribution is 2.30. The van der Waals surface area contributed by atoms with Crippen LogP contribution in [0.4, 0.5) is 0 Å². The minimum absolute atomic E-state index is 0.0260. The molecular weight excluding hydrogens is 448 g/mol. The number of sulfonamides is 1. The van der Waals surface area contributed by atoms with Gasteiger partial charge in [-0.1, -0.05) is 36.4 Å². The number of nitrogens with one attached hydrogen (secondary N) is 1. The number of morpholine rings is 1. The van der Waals surface area contributed by atoms with Crippen LogP contribution in [0.15, 0.2) is 70.9 Å². The van der Waals surface area contributed by atoms with E-state index < -0.39 is 10.0 Å². The van der Waals surface area contributed by atoms with Gasteiger partial charge < -0.3 is 14.8 Å². The van der Waals surface area contributed by atoms with Gasteiger partial charge in [-0.15, -0.1) is 11.3 Å². The zero-order valence-corrected chi connectivity index (χ0v) is 19.2. The molecule has 9 heteroatoms. The Morgan fingerprint density at radius 3 is 2.50 bits per heavy atom. The molecule has 1 atom stereocenters. The Balaban J connectivity index is 1.66. The van der Waals surface area contributed by atoms with E-state index in [1.807, 2.05) is 47.8 Å². The Bertz CT molecular complexity index is 1160. The second-order valence-corrected chi connectivity index (χ2v) is 10.1. The maximum atomic E-state index is 13.2. The molecule has 2 aromatic carbocycles. The van der Waals surface area contributed by atoms with Crippen LogP contribution < -0.4 is 10.1 Å². The van der Waals surface area contributed by atoms with Crippen molar-refractivity contribution in [3.05, 3.63) is 82.0 Å². The number of carbonyl (C=O) groups excluding carboxylic acids is 1. The highest BCUT2D eigenvalue weighted by molar-refractivity contribution is 7.89. The van der Waals surface area contributed by atoms with Gasteiger partial charge in [-0.25, -0.2) is 8.42 Å². The molecule has 1 unspecified atom stereocenters. The lowest BCUT2D eigenvalue weighted by Crippen LogP contribution is -2.40. The van der Waals surface area contributed by atoms with E-state index in [1.54, 1.807) is 17.4 Å². The fourth-order valence-corrected chi connectivity index (χ4v) is 5.97. The van der Waals surface area contributed by atoms with Crippen molar-refractivity contribution in [2.75, 3.05) is 33.4 Å². The second kappa shape index (κ2) is 9.83. The second-order valence-electron chi connectivity index (χ2n) is 7.21. The molecule has 1 amide bonds. The van der Waals surface area contributed by atoms with Gasteiger partial charge in [0.15, 0.2) is 0 Å². The smallest absolute Gasteiger partial charge is 0.252 e. The first-order valence-corrected chi connectivity index (χ1v) is 12.5. The van der Waals surface area contributed by atoms with Crippen LogP contribution in [0.5, 0.6) is 5.75 Å². The van der Waals surface area contributed by atoms with Crippen LogP contribution in [-0.2, 0) is 14.8 Å². The van der Waals surface area contributed by atoms with Gasteiger partial charge in [-0.2, -0.15) is 4.31 Å². The molecule has 2 heterocycles. The van der Waals surface area contributed by atoms with Crippen LogP contribution in [0.2, 0.25) is 0 Å². The third-order valence-electron chi connectivity index (χ3n) is 5.25. The number of thiophene rings is 1. The number of rotatable bonds is 7. The SMILES string of the molecule is COc1ccc(C(=O)NC(c2ccccc2)c2cccs2)cc1S(=O)(=O)N1CCOCC1. The average molecular weight is 473 g/mol. The molecular formula is C23H24N2O5S2. The van der Waals surface area contributed by atoms with Crippen molar-refractivity contribution in [3.8, 4) is 5.75 Å². The van der Waals surface area contributed by atoms with E-state index in [4.69, 9.17) is 9.47 Å². The highest BCUT2D eigenvalue weighted by Gasteiger charge is 2.30. The largest absolute Gasteiger partial charge is 0.495 e. The van der Waals surface area contributed by atoms with E-state index in [1.165, 1.54) is 23.5 Å². The minimum atomic E-state index is -3.83. The zero-order valence-electron chi connectivity index (χ0n) is 17.6. The van der Waals surface area contributed by atoms with Gasteiger partial charge in [0.25, 0.3) is 5.91 Å². The van der Waals surface area contributed by atoms with Gasteiger partial charge in [0, 0.05) is 23.5 Å². The monoisotopic (exact) mass is 472 g/mol. The van der Waals surface area contributed by atoms with E-state index in [0.29, 0.717) is 13.2 Å². The molecule has 1 fully saturated rings. The lowest BCUT2D eigenvalue weighted by atomic mass is 10.0. The molecule has 1 aliphatic heterocycles. The van der Waals surface area contributed by atoms with E-state index >= 15 is 0 Å². The molecule has 1 N–H and O–H groups in total. The van der Waals surface area contributed by atoms with Crippen LogP contribution in [0, 0.1) is 0 Å². The summed E-state index contributed by atoms with van der Waals surface area (Å²) >= 11 is 1.55. The van der Waals surface area contributed by atoms with Crippen molar-refractivity contribution < 1.29 is 22.7 Å². The van der Waals surface area contributed by atoms with Crippen LogP contribution >= 0.6 is 11.3 Å². The number of methoxy groups -OCH3 is 1. The first-order chi connectivity index (χ1) is 15.5. The maximum absolute atomic E-state index is 13.2. The number of nitrogens with zero attached hydrogens (tertiary/aromatic N) is 1. The van der Waals surface area contributed by atoms with Crippen molar-refractivity contribution in [1.29, 1.82) is 0 Å². The number of hydrogen-bond acceptors (Lipinski definition) is 6. The summed E-state index contributed by atoms with van der Waals surface area (Å²) in [6.07, 6.45) is 0. The van der Waals surface area contributed by atoms with Crippen LogP contribution in [0.25, 0.3) is 0 Å². The first-order valence-electron chi connectivity index (χ1n) is 10.2. The van der Waals surface area contributed by atoms with E-state index in [-0.39, 0.29) is 41.2 Å². The molecule has 0 spiro atoms. The van der Waals surface area contributed by atoms with Crippen molar-refractivity contribution in [3.63, 3.8) is 0 Å². The summed E-state index contributed by atoms with van der Waals surface area (Å²) in [4.78, 5) is 14.2. The number of benzene rings is 2. The van der Waals surface area contributed by atoms with Crippen LogP contribution in [0.1, 0.15) is 26.8 Å². The molecule has 1 aliphatic rings. The summed E-state index contributed by atoms with van der Waals surface area (Å²) in [6, 6.07) is 17.7. The van der Waals surface area contributed by atoms with E-state index in [0.717, 1.165) is 10.4 Å².